The molecule has 0 unspecified atom stereocenters. The Kier molecular flexibility index (Phi) is 7.46. The summed E-state index contributed by atoms with van der Waals surface area (Å²) in [6.45, 7) is 1.56. The molecule has 1 saturated carbocycles. The van der Waals surface area contributed by atoms with E-state index in [1.54, 1.807) is 0 Å². The number of benzene rings is 1. The first-order valence-corrected chi connectivity index (χ1v) is 8.62. The second kappa shape index (κ2) is 9.35. The Balaban J connectivity index is 0.00000192. The highest BCUT2D eigenvalue weighted by Crippen LogP contribution is 2.26. The summed E-state index contributed by atoms with van der Waals surface area (Å²) in [5.74, 6) is 1.65. The van der Waals surface area contributed by atoms with Crippen LogP contribution in [0.5, 0.6) is 5.75 Å². The SMILES string of the molecule is I.NC(=NCCc1ccc2c(c1)CCO2)NC1CCCCCC1. The van der Waals surface area contributed by atoms with Crippen molar-refractivity contribution in [2.75, 3.05) is 13.2 Å². The summed E-state index contributed by atoms with van der Waals surface area (Å²) in [6, 6.07) is 6.97. The molecule has 1 aliphatic carbocycles. The summed E-state index contributed by atoms with van der Waals surface area (Å²) in [7, 11) is 0. The van der Waals surface area contributed by atoms with Gasteiger partial charge in [0.05, 0.1) is 6.61 Å². The van der Waals surface area contributed by atoms with E-state index in [-0.39, 0.29) is 24.0 Å². The van der Waals surface area contributed by atoms with E-state index in [1.165, 1.54) is 49.7 Å². The molecule has 0 radical (unpaired) electrons. The zero-order valence-corrected chi connectivity index (χ0v) is 16.1. The van der Waals surface area contributed by atoms with Crippen LogP contribution in [-0.4, -0.2) is 25.2 Å². The number of nitrogens with two attached hydrogens (primary N) is 1. The molecule has 0 atom stereocenters. The third-order valence-electron chi connectivity index (χ3n) is 4.64. The summed E-state index contributed by atoms with van der Waals surface area (Å²) in [5.41, 5.74) is 8.67. The van der Waals surface area contributed by atoms with Gasteiger partial charge in [0, 0.05) is 19.0 Å². The van der Waals surface area contributed by atoms with Crippen molar-refractivity contribution in [3.63, 3.8) is 0 Å². The van der Waals surface area contributed by atoms with Crippen LogP contribution in [0, 0.1) is 0 Å². The van der Waals surface area contributed by atoms with Gasteiger partial charge >= 0.3 is 0 Å². The number of guanidine groups is 1. The molecule has 1 heterocycles. The molecule has 23 heavy (non-hydrogen) atoms. The fourth-order valence-corrected chi connectivity index (χ4v) is 3.38. The number of nitrogens with one attached hydrogen (secondary N) is 1. The predicted molar refractivity (Wildman–Crippen MR) is 106 cm³/mol. The maximum Gasteiger partial charge on any atom is 0.188 e. The van der Waals surface area contributed by atoms with Crippen molar-refractivity contribution in [3.05, 3.63) is 29.3 Å². The van der Waals surface area contributed by atoms with E-state index >= 15 is 0 Å². The number of halogens is 1. The van der Waals surface area contributed by atoms with Crippen LogP contribution in [-0.2, 0) is 12.8 Å². The van der Waals surface area contributed by atoms with Crippen LogP contribution < -0.4 is 15.8 Å². The largest absolute Gasteiger partial charge is 0.493 e. The maximum atomic E-state index is 6.03. The molecule has 4 nitrogen and oxygen atoms in total. The number of nitrogens with zero attached hydrogens (tertiary/aromatic N) is 1. The van der Waals surface area contributed by atoms with Crippen molar-refractivity contribution in [1.82, 2.24) is 5.32 Å². The van der Waals surface area contributed by atoms with Crippen LogP contribution in [0.1, 0.15) is 49.7 Å². The van der Waals surface area contributed by atoms with E-state index in [1.807, 2.05) is 0 Å². The Bertz CT molecular complexity index is 525. The van der Waals surface area contributed by atoms with Gasteiger partial charge in [-0.1, -0.05) is 37.8 Å². The minimum atomic E-state index is 0. The minimum absolute atomic E-state index is 0. The molecule has 1 aliphatic heterocycles. The zero-order chi connectivity index (χ0) is 15.2. The molecular formula is C18H28IN3O. The van der Waals surface area contributed by atoms with Gasteiger partial charge in [-0.2, -0.15) is 0 Å². The molecule has 2 aliphatic rings. The lowest BCUT2D eigenvalue weighted by Crippen LogP contribution is -2.40. The topological polar surface area (TPSA) is 59.6 Å². The minimum Gasteiger partial charge on any atom is -0.493 e. The van der Waals surface area contributed by atoms with Gasteiger partial charge in [0.25, 0.3) is 0 Å². The Morgan fingerprint density at radius 3 is 2.78 bits per heavy atom. The van der Waals surface area contributed by atoms with E-state index in [4.69, 9.17) is 10.5 Å². The quantitative estimate of drug-likeness (QED) is 0.334. The van der Waals surface area contributed by atoms with E-state index < -0.39 is 0 Å². The summed E-state index contributed by atoms with van der Waals surface area (Å²) in [6.07, 6.45) is 9.74. The van der Waals surface area contributed by atoms with Crippen LogP contribution >= 0.6 is 24.0 Å². The Hall–Kier alpha value is -0.980. The number of rotatable bonds is 4. The summed E-state index contributed by atoms with van der Waals surface area (Å²) in [4.78, 5) is 4.49. The lowest BCUT2D eigenvalue weighted by molar-refractivity contribution is 0.357. The van der Waals surface area contributed by atoms with Crippen molar-refractivity contribution in [2.45, 2.75) is 57.4 Å². The van der Waals surface area contributed by atoms with Crippen molar-refractivity contribution in [2.24, 2.45) is 10.7 Å². The van der Waals surface area contributed by atoms with Crippen molar-refractivity contribution >= 4 is 29.9 Å². The molecule has 0 spiro atoms. The van der Waals surface area contributed by atoms with E-state index in [9.17, 15) is 0 Å². The molecule has 0 bridgehead atoms. The van der Waals surface area contributed by atoms with Crippen molar-refractivity contribution in [1.29, 1.82) is 0 Å². The second-order valence-electron chi connectivity index (χ2n) is 6.39. The van der Waals surface area contributed by atoms with Crippen LogP contribution in [0.3, 0.4) is 0 Å². The third-order valence-corrected chi connectivity index (χ3v) is 4.64. The van der Waals surface area contributed by atoms with Crippen LogP contribution in [0.4, 0.5) is 0 Å². The highest BCUT2D eigenvalue weighted by atomic mass is 127. The molecular weight excluding hydrogens is 401 g/mol. The smallest absolute Gasteiger partial charge is 0.188 e. The second-order valence-corrected chi connectivity index (χ2v) is 6.39. The average Bonchev–Trinajstić information content (AvgIpc) is 2.83. The lowest BCUT2D eigenvalue weighted by Gasteiger charge is -2.16. The van der Waals surface area contributed by atoms with Gasteiger partial charge < -0.3 is 15.8 Å². The number of hydrogen-bond donors (Lipinski definition) is 2. The Labute approximate surface area is 156 Å². The highest BCUT2D eigenvalue weighted by molar-refractivity contribution is 14.0. The Morgan fingerprint density at radius 2 is 2.00 bits per heavy atom. The van der Waals surface area contributed by atoms with Crippen LogP contribution in [0.2, 0.25) is 0 Å². The molecule has 3 rings (SSSR count). The van der Waals surface area contributed by atoms with Gasteiger partial charge in [-0.05, 0) is 36.5 Å². The summed E-state index contributed by atoms with van der Waals surface area (Å²) in [5, 5.41) is 3.39. The summed E-state index contributed by atoms with van der Waals surface area (Å²) < 4.78 is 5.53. The number of ether oxygens (including phenoxy) is 1. The van der Waals surface area contributed by atoms with Gasteiger partial charge in [-0.3, -0.25) is 4.99 Å². The molecule has 0 saturated heterocycles. The molecule has 1 aromatic rings. The van der Waals surface area contributed by atoms with Gasteiger partial charge in [0.2, 0.25) is 0 Å². The molecule has 0 amide bonds. The standard InChI is InChI=1S/C18H27N3O.HI/c19-18(21-16-5-3-1-2-4-6-16)20-11-9-14-7-8-17-15(13-14)10-12-22-17;/h7-8,13,16H,1-6,9-12H2,(H3,19,20,21);1H. The molecule has 128 valence electrons. The normalized spacial score (nSPS) is 18.5. The molecule has 0 aromatic heterocycles. The van der Waals surface area contributed by atoms with Crippen molar-refractivity contribution in [3.8, 4) is 5.75 Å². The van der Waals surface area contributed by atoms with Gasteiger partial charge in [-0.25, -0.2) is 0 Å². The molecule has 5 heteroatoms. The number of fused-ring (bicyclic) bond motifs is 1. The fraction of sp³-hybridized carbons (Fsp3) is 0.611. The highest BCUT2D eigenvalue weighted by Gasteiger charge is 2.13. The lowest BCUT2D eigenvalue weighted by atomic mass is 10.1. The first-order chi connectivity index (χ1) is 10.8. The van der Waals surface area contributed by atoms with Crippen molar-refractivity contribution < 1.29 is 4.74 Å². The average molecular weight is 429 g/mol. The summed E-state index contributed by atoms with van der Waals surface area (Å²) >= 11 is 0. The third kappa shape index (κ3) is 5.55. The van der Waals surface area contributed by atoms with Crippen LogP contribution in [0.25, 0.3) is 0 Å². The van der Waals surface area contributed by atoms with Crippen LogP contribution in [0.15, 0.2) is 23.2 Å². The first-order valence-electron chi connectivity index (χ1n) is 8.62. The maximum absolute atomic E-state index is 6.03. The zero-order valence-electron chi connectivity index (χ0n) is 13.7. The van der Waals surface area contributed by atoms with Gasteiger partial charge in [0.15, 0.2) is 5.96 Å². The first kappa shape index (κ1) is 18.4. The molecule has 1 fully saturated rings. The molecule has 3 N–H and O–H groups in total. The Morgan fingerprint density at radius 1 is 1.22 bits per heavy atom. The number of hydrogen-bond acceptors (Lipinski definition) is 2. The van der Waals surface area contributed by atoms with E-state index in [0.29, 0.717) is 12.0 Å². The molecule has 1 aromatic carbocycles. The van der Waals surface area contributed by atoms with Gasteiger partial charge in [0.1, 0.15) is 5.75 Å². The predicted octanol–water partition coefficient (Wildman–Crippen LogP) is 3.41. The number of aliphatic imine (C=N–C) groups is 1. The van der Waals surface area contributed by atoms with E-state index in [2.05, 4.69) is 28.5 Å². The van der Waals surface area contributed by atoms with Gasteiger partial charge in [-0.15, -0.1) is 24.0 Å². The van der Waals surface area contributed by atoms with E-state index in [0.717, 1.165) is 31.7 Å². The fourth-order valence-electron chi connectivity index (χ4n) is 3.38. The monoisotopic (exact) mass is 429 g/mol.